The van der Waals surface area contributed by atoms with Gasteiger partial charge < -0.3 is 10.1 Å². The first-order valence-corrected chi connectivity index (χ1v) is 13.1. The summed E-state index contributed by atoms with van der Waals surface area (Å²) in [4.78, 5) is 12.7. The predicted octanol–water partition coefficient (Wildman–Crippen LogP) is 3.24. The number of carbonyl (C=O) groups excluding carboxylic acids is 1. The quantitative estimate of drug-likeness (QED) is 0.615. The van der Waals surface area contributed by atoms with E-state index in [0.29, 0.717) is 19.8 Å². The van der Waals surface area contributed by atoms with E-state index in [1.54, 1.807) is 24.3 Å². The smallest absolute Gasteiger partial charge is 0.240 e. The van der Waals surface area contributed by atoms with Crippen LogP contribution in [-0.2, 0) is 37.8 Å². The van der Waals surface area contributed by atoms with Crippen LogP contribution in [0, 0.1) is 5.82 Å². The number of sulfonamides is 1. The van der Waals surface area contributed by atoms with E-state index in [2.05, 4.69) is 10.0 Å². The number of fused-ring (bicyclic) bond motifs is 1. The molecule has 0 saturated carbocycles. The molecule has 1 aliphatic heterocycles. The Bertz CT molecular complexity index is 1080. The maximum Gasteiger partial charge on any atom is 0.240 e. The summed E-state index contributed by atoms with van der Waals surface area (Å²) in [6, 6.07) is 11.7. The van der Waals surface area contributed by atoms with E-state index in [-0.39, 0.29) is 35.0 Å². The zero-order chi connectivity index (χ0) is 23.3. The van der Waals surface area contributed by atoms with Gasteiger partial charge in [0.1, 0.15) is 5.82 Å². The Morgan fingerprint density at radius 1 is 1.00 bits per heavy atom. The molecule has 2 aliphatic rings. The molecule has 1 aliphatic carbocycles. The third-order valence-corrected chi connectivity index (χ3v) is 8.26. The number of hydrogen-bond donors (Lipinski definition) is 2. The molecule has 6 nitrogen and oxygen atoms in total. The Morgan fingerprint density at radius 3 is 2.42 bits per heavy atom. The number of hydrogen-bond acceptors (Lipinski definition) is 4. The minimum atomic E-state index is -3.67. The summed E-state index contributed by atoms with van der Waals surface area (Å²) in [5.74, 6) is -0.521. The van der Waals surface area contributed by atoms with E-state index in [0.717, 1.165) is 49.7 Å². The van der Waals surface area contributed by atoms with Crippen LogP contribution >= 0.6 is 0 Å². The summed E-state index contributed by atoms with van der Waals surface area (Å²) in [5, 5.41) is 2.95. The highest BCUT2D eigenvalue weighted by Crippen LogP contribution is 2.34. The molecule has 178 valence electrons. The van der Waals surface area contributed by atoms with Crippen LogP contribution in [0.3, 0.4) is 0 Å². The molecule has 2 aromatic carbocycles. The predicted molar refractivity (Wildman–Crippen MR) is 124 cm³/mol. The van der Waals surface area contributed by atoms with Crippen molar-refractivity contribution in [3.05, 3.63) is 65.0 Å². The van der Waals surface area contributed by atoms with Gasteiger partial charge in [-0.25, -0.2) is 17.5 Å². The largest absolute Gasteiger partial charge is 0.381 e. The van der Waals surface area contributed by atoms with Gasteiger partial charge >= 0.3 is 0 Å². The maximum absolute atomic E-state index is 13.4. The van der Waals surface area contributed by atoms with Gasteiger partial charge in [0, 0.05) is 38.1 Å². The van der Waals surface area contributed by atoms with Gasteiger partial charge in [-0.3, -0.25) is 4.79 Å². The van der Waals surface area contributed by atoms with E-state index in [9.17, 15) is 17.6 Å². The average molecular weight is 475 g/mol. The molecule has 4 rings (SSSR count). The van der Waals surface area contributed by atoms with Crippen molar-refractivity contribution in [1.29, 1.82) is 0 Å². The molecule has 0 spiro atoms. The van der Waals surface area contributed by atoms with Crippen molar-refractivity contribution in [3.63, 3.8) is 0 Å². The number of amides is 1. The molecule has 0 atom stereocenters. The normalized spacial score (nSPS) is 17.8. The number of ether oxygens (including phenoxy) is 1. The van der Waals surface area contributed by atoms with Crippen LogP contribution in [0.2, 0.25) is 0 Å². The molecule has 1 amide bonds. The highest BCUT2D eigenvalue weighted by molar-refractivity contribution is 7.89. The summed E-state index contributed by atoms with van der Waals surface area (Å²) >= 11 is 0. The number of carbonyl (C=O) groups is 1. The number of halogens is 1. The lowest BCUT2D eigenvalue weighted by molar-refractivity contribution is -0.121. The highest BCUT2D eigenvalue weighted by Gasteiger charge is 2.34. The highest BCUT2D eigenvalue weighted by atomic mass is 32.2. The zero-order valence-electron chi connectivity index (χ0n) is 18.7. The number of nitrogens with one attached hydrogen (secondary N) is 2. The minimum Gasteiger partial charge on any atom is -0.381 e. The number of aryl methyl sites for hydroxylation is 2. The molecule has 0 radical (unpaired) electrons. The standard InChI is InChI=1S/C25H31FN2O4S/c26-22-8-6-21(7-9-22)25(12-15-32-16-13-25)18-27-24(29)11-14-28-33(30,31)23-10-5-19-3-1-2-4-20(19)17-23/h5-10,17,28H,1-4,11-16,18H2,(H,27,29). The van der Waals surface area contributed by atoms with Crippen molar-refractivity contribution in [2.45, 2.75) is 55.3 Å². The van der Waals surface area contributed by atoms with Crippen molar-refractivity contribution >= 4 is 15.9 Å². The SMILES string of the molecule is O=C(CCNS(=O)(=O)c1ccc2c(c1)CCCC2)NCC1(c2ccc(F)cc2)CCOCC1. The number of rotatable bonds is 8. The van der Waals surface area contributed by atoms with E-state index in [1.165, 1.54) is 17.7 Å². The van der Waals surface area contributed by atoms with Gasteiger partial charge in [0.25, 0.3) is 0 Å². The molecule has 2 aromatic rings. The molecule has 1 fully saturated rings. The van der Waals surface area contributed by atoms with Crippen molar-refractivity contribution in [2.75, 3.05) is 26.3 Å². The van der Waals surface area contributed by atoms with Gasteiger partial charge in [-0.2, -0.15) is 0 Å². The molecule has 33 heavy (non-hydrogen) atoms. The van der Waals surface area contributed by atoms with Crippen molar-refractivity contribution in [1.82, 2.24) is 10.0 Å². The fraction of sp³-hybridized carbons (Fsp3) is 0.480. The fourth-order valence-corrected chi connectivity index (χ4v) is 5.83. The van der Waals surface area contributed by atoms with Gasteiger partial charge in [0.15, 0.2) is 0 Å². The molecule has 0 aromatic heterocycles. The second-order valence-corrected chi connectivity index (χ2v) is 10.7. The molecule has 0 unspecified atom stereocenters. The average Bonchev–Trinajstić information content (AvgIpc) is 2.83. The zero-order valence-corrected chi connectivity index (χ0v) is 19.6. The minimum absolute atomic E-state index is 0.0257. The summed E-state index contributed by atoms with van der Waals surface area (Å²) in [6.07, 6.45) is 5.61. The van der Waals surface area contributed by atoms with E-state index < -0.39 is 10.0 Å². The van der Waals surface area contributed by atoms with E-state index >= 15 is 0 Å². The molecule has 1 saturated heterocycles. The van der Waals surface area contributed by atoms with Crippen LogP contribution in [-0.4, -0.2) is 40.6 Å². The Morgan fingerprint density at radius 2 is 1.70 bits per heavy atom. The fourth-order valence-electron chi connectivity index (χ4n) is 4.75. The van der Waals surface area contributed by atoms with Gasteiger partial charge in [-0.1, -0.05) is 18.2 Å². The molecule has 2 N–H and O–H groups in total. The Labute approximate surface area is 195 Å². The number of benzene rings is 2. The third kappa shape index (κ3) is 5.80. The first-order chi connectivity index (χ1) is 15.9. The van der Waals surface area contributed by atoms with Gasteiger partial charge in [0.2, 0.25) is 15.9 Å². The van der Waals surface area contributed by atoms with Crippen LogP contribution in [0.1, 0.15) is 48.8 Å². The first kappa shape index (κ1) is 23.9. The lowest BCUT2D eigenvalue weighted by atomic mass is 9.74. The molecule has 0 bridgehead atoms. The second kappa shape index (κ2) is 10.3. The molecule has 8 heteroatoms. The van der Waals surface area contributed by atoms with Crippen molar-refractivity contribution in [2.24, 2.45) is 0 Å². The maximum atomic E-state index is 13.4. The molecule has 1 heterocycles. The second-order valence-electron chi connectivity index (χ2n) is 8.96. The molecular weight excluding hydrogens is 443 g/mol. The third-order valence-electron chi connectivity index (χ3n) is 6.80. The first-order valence-electron chi connectivity index (χ1n) is 11.6. The van der Waals surface area contributed by atoms with Gasteiger partial charge in [-0.15, -0.1) is 0 Å². The van der Waals surface area contributed by atoms with E-state index in [4.69, 9.17) is 4.74 Å². The summed E-state index contributed by atoms with van der Waals surface area (Å²) in [7, 11) is -3.67. The summed E-state index contributed by atoms with van der Waals surface area (Å²) < 4.78 is 46.8. The monoisotopic (exact) mass is 474 g/mol. The lowest BCUT2D eigenvalue weighted by Gasteiger charge is -2.38. The Hall–Kier alpha value is -2.29. The van der Waals surface area contributed by atoms with Crippen molar-refractivity contribution < 1.29 is 22.3 Å². The van der Waals surface area contributed by atoms with Crippen molar-refractivity contribution in [3.8, 4) is 0 Å². The van der Waals surface area contributed by atoms with Crippen LogP contribution in [0.4, 0.5) is 4.39 Å². The topological polar surface area (TPSA) is 84.5 Å². The van der Waals surface area contributed by atoms with Crippen LogP contribution in [0.25, 0.3) is 0 Å². The van der Waals surface area contributed by atoms with Gasteiger partial charge in [-0.05, 0) is 79.5 Å². The summed E-state index contributed by atoms with van der Waals surface area (Å²) in [5.41, 5.74) is 2.98. The Balaban J connectivity index is 1.31. The Kier molecular flexibility index (Phi) is 7.46. The lowest BCUT2D eigenvalue weighted by Crippen LogP contribution is -2.45. The van der Waals surface area contributed by atoms with Crippen LogP contribution < -0.4 is 10.0 Å². The van der Waals surface area contributed by atoms with Gasteiger partial charge in [0.05, 0.1) is 4.90 Å². The van der Waals surface area contributed by atoms with Crippen LogP contribution in [0.15, 0.2) is 47.4 Å². The van der Waals surface area contributed by atoms with Crippen LogP contribution in [0.5, 0.6) is 0 Å². The molecular formula is C25H31FN2O4S. The summed E-state index contributed by atoms with van der Waals surface area (Å²) in [6.45, 7) is 1.58. The van der Waals surface area contributed by atoms with E-state index in [1.807, 2.05) is 6.07 Å².